The van der Waals surface area contributed by atoms with Crippen molar-refractivity contribution in [2.75, 3.05) is 18.4 Å². The molecule has 0 aliphatic rings. The van der Waals surface area contributed by atoms with Gasteiger partial charge in [0.05, 0.1) is 4.75 Å². The van der Waals surface area contributed by atoms with E-state index in [1.807, 2.05) is 6.07 Å². The van der Waals surface area contributed by atoms with Crippen LogP contribution in [0.3, 0.4) is 0 Å². The summed E-state index contributed by atoms with van der Waals surface area (Å²) >= 11 is 0. The van der Waals surface area contributed by atoms with Gasteiger partial charge in [0.15, 0.2) is 0 Å². The molecule has 0 saturated heterocycles. The Morgan fingerprint density at radius 1 is 0.625 bits per heavy atom. The molecule has 0 heterocycles. The van der Waals surface area contributed by atoms with E-state index in [1.165, 1.54) is 22.3 Å². The molecule has 0 bridgehead atoms. The molecule has 4 nitrogen and oxygen atoms in total. The lowest BCUT2D eigenvalue weighted by molar-refractivity contribution is 0.540. The lowest BCUT2D eigenvalue weighted by atomic mass is 10.0. The molecule has 5 heteroatoms. The largest absolute Gasteiger partial charge is 0.385 e. The molecule has 0 fully saturated rings. The zero-order chi connectivity index (χ0) is 23.0. The van der Waals surface area contributed by atoms with Crippen LogP contribution in [0.1, 0.15) is 40.0 Å². The van der Waals surface area contributed by atoms with Crippen LogP contribution in [0.5, 0.6) is 0 Å². The maximum atomic E-state index is 12.0. The molecular formula is C27H34N2O2S. The molecule has 0 unspecified atom stereocenters. The van der Waals surface area contributed by atoms with Gasteiger partial charge < -0.3 is 5.32 Å². The molecule has 0 aliphatic heterocycles. The first-order valence-electron chi connectivity index (χ1n) is 11.3. The van der Waals surface area contributed by atoms with Gasteiger partial charge in [0, 0.05) is 18.8 Å². The lowest BCUT2D eigenvalue weighted by Crippen LogP contribution is -2.39. The van der Waals surface area contributed by atoms with Crippen LogP contribution in [0.2, 0.25) is 0 Å². The van der Waals surface area contributed by atoms with Crippen LogP contribution in [-0.2, 0) is 10.0 Å². The predicted molar refractivity (Wildman–Crippen MR) is 136 cm³/mol. The van der Waals surface area contributed by atoms with Crippen molar-refractivity contribution in [3.63, 3.8) is 0 Å². The number of anilines is 1. The predicted octanol–water partition coefficient (Wildman–Crippen LogP) is 6.32. The summed E-state index contributed by atoms with van der Waals surface area (Å²) in [5.41, 5.74) is 5.95. The summed E-state index contributed by atoms with van der Waals surface area (Å²) in [7, 11) is -3.24. The molecule has 2 N–H and O–H groups in total. The van der Waals surface area contributed by atoms with Gasteiger partial charge in [-0.1, -0.05) is 73.2 Å². The average molecular weight is 451 g/mol. The highest BCUT2D eigenvalue weighted by molar-refractivity contribution is 7.90. The molecule has 0 saturated carbocycles. The molecule has 0 aliphatic carbocycles. The summed E-state index contributed by atoms with van der Waals surface area (Å²) in [5.74, 6) is 0. The van der Waals surface area contributed by atoms with Crippen LogP contribution in [-0.4, -0.2) is 26.3 Å². The Hall–Kier alpha value is -2.63. The van der Waals surface area contributed by atoms with Crippen molar-refractivity contribution in [1.82, 2.24) is 4.72 Å². The van der Waals surface area contributed by atoms with Crippen LogP contribution in [0.15, 0.2) is 78.9 Å². The van der Waals surface area contributed by atoms with Crippen molar-refractivity contribution in [3.8, 4) is 22.3 Å². The van der Waals surface area contributed by atoms with Gasteiger partial charge in [-0.25, -0.2) is 13.1 Å². The number of hydrogen-bond acceptors (Lipinski definition) is 3. The van der Waals surface area contributed by atoms with E-state index in [4.69, 9.17) is 0 Å². The van der Waals surface area contributed by atoms with Crippen molar-refractivity contribution in [2.45, 2.75) is 44.8 Å². The summed E-state index contributed by atoms with van der Waals surface area (Å²) in [6.45, 7) is 6.51. The van der Waals surface area contributed by atoms with Gasteiger partial charge >= 0.3 is 0 Å². The molecule has 32 heavy (non-hydrogen) atoms. The summed E-state index contributed by atoms with van der Waals surface area (Å²) in [4.78, 5) is 0. The molecule has 0 aromatic heterocycles. The summed E-state index contributed by atoms with van der Waals surface area (Å²) in [6, 6.07) is 27.6. The molecule has 3 aromatic carbocycles. The third kappa shape index (κ3) is 6.68. The van der Waals surface area contributed by atoms with Gasteiger partial charge in [0.25, 0.3) is 0 Å². The fourth-order valence-electron chi connectivity index (χ4n) is 3.35. The Bertz CT molecular complexity index is 1070. The summed E-state index contributed by atoms with van der Waals surface area (Å²) in [5, 5.41) is 3.45. The highest BCUT2D eigenvalue weighted by Crippen LogP contribution is 2.25. The first-order valence-corrected chi connectivity index (χ1v) is 12.7. The zero-order valence-corrected chi connectivity index (χ0v) is 20.1. The van der Waals surface area contributed by atoms with Crippen molar-refractivity contribution < 1.29 is 8.42 Å². The Balaban J connectivity index is 1.41. The first-order chi connectivity index (χ1) is 15.3. The second-order valence-corrected chi connectivity index (χ2v) is 11.5. The number of nitrogens with one attached hydrogen (secondary N) is 2. The van der Waals surface area contributed by atoms with Crippen LogP contribution < -0.4 is 10.0 Å². The minimum absolute atomic E-state index is 0.497. The fourth-order valence-corrected chi connectivity index (χ4v) is 4.19. The highest BCUT2D eigenvalue weighted by Gasteiger charge is 2.27. The lowest BCUT2D eigenvalue weighted by Gasteiger charge is -2.19. The Kier molecular flexibility index (Phi) is 8.10. The van der Waals surface area contributed by atoms with Crippen LogP contribution in [0, 0.1) is 0 Å². The quantitative estimate of drug-likeness (QED) is 0.355. The highest BCUT2D eigenvalue weighted by atomic mass is 32.2. The van der Waals surface area contributed by atoms with Gasteiger partial charge in [-0.05, 0) is 68.0 Å². The van der Waals surface area contributed by atoms with Gasteiger partial charge in [-0.3, -0.25) is 0 Å². The molecule has 0 atom stereocenters. The van der Waals surface area contributed by atoms with Gasteiger partial charge in [-0.15, -0.1) is 0 Å². The number of rotatable bonds is 10. The Morgan fingerprint density at radius 3 is 1.62 bits per heavy atom. The van der Waals surface area contributed by atoms with Gasteiger partial charge in [0.1, 0.15) is 0 Å². The Morgan fingerprint density at radius 2 is 1.09 bits per heavy atom. The van der Waals surface area contributed by atoms with E-state index < -0.39 is 14.8 Å². The van der Waals surface area contributed by atoms with Gasteiger partial charge in [-0.2, -0.15) is 0 Å². The first kappa shape index (κ1) is 24.0. The average Bonchev–Trinajstić information content (AvgIpc) is 2.79. The minimum Gasteiger partial charge on any atom is -0.385 e. The van der Waals surface area contributed by atoms with E-state index in [2.05, 4.69) is 82.8 Å². The fraction of sp³-hybridized carbons (Fsp3) is 0.333. The SMILES string of the molecule is CC(C)(C)S(=O)(=O)NCCCCCNc1ccc(-c2ccc(-c3ccccc3)cc2)cc1. The van der Waals surface area contributed by atoms with Crippen LogP contribution in [0.4, 0.5) is 5.69 Å². The Labute approximate surface area is 193 Å². The van der Waals surface area contributed by atoms with E-state index in [1.54, 1.807) is 20.8 Å². The second-order valence-electron chi connectivity index (χ2n) is 9.02. The third-order valence-electron chi connectivity index (χ3n) is 5.49. The monoisotopic (exact) mass is 450 g/mol. The van der Waals surface area contributed by atoms with Gasteiger partial charge in [0.2, 0.25) is 10.0 Å². The molecule has 3 rings (SSSR count). The maximum absolute atomic E-state index is 12.0. The maximum Gasteiger partial charge on any atom is 0.216 e. The summed E-state index contributed by atoms with van der Waals surface area (Å²) < 4.78 is 26.0. The number of benzene rings is 3. The van der Waals surface area contributed by atoms with Crippen molar-refractivity contribution in [3.05, 3.63) is 78.9 Å². The zero-order valence-electron chi connectivity index (χ0n) is 19.3. The van der Waals surface area contributed by atoms with Crippen molar-refractivity contribution in [2.24, 2.45) is 0 Å². The standard InChI is InChI=1S/C27H34N2O2S/c1-27(2,3)32(30,31)29-21-9-5-8-20-28-26-18-16-25(17-19-26)24-14-12-23(13-15-24)22-10-6-4-7-11-22/h4,6-7,10-19,28-29H,5,8-9,20-21H2,1-3H3. The van der Waals surface area contributed by atoms with Crippen molar-refractivity contribution in [1.29, 1.82) is 0 Å². The molecule has 170 valence electrons. The molecular weight excluding hydrogens is 416 g/mol. The molecule has 0 spiro atoms. The summed E-state index contributed by atoms with van der Waals surface area (Å²) in [6.07, 6.45) is 2.82. The van der Waals surface area contributed by atoms with Crippen LogP contribution >= 0.6 is 0 Å². The van der Waals surface area contributed by atoms with Crippen molar-refractivity contribution >= 4 is 15.7 Å². The van der Waals surface area contributed by atoms with Crippen LogP contribution in [0.25, 0.3) is 22.3 Å². The van der Waals surface area contributed by atoms with E-state index in [9.17, 15) is 8.42 Å². The third-order valence-corrected chi connectivity index (χ3v) is 7.69. The smallest absolute Gasteiger partial charge is 0.216 e. The minimum atomic E-state index is -3.24. The number of hydrogen-bond donors (Lipinski definition) is 2. The van der Waals surface area contributed by atoms with E-state index in [0.29, 0.717) is 6.54 Å². The molecule has 0 radical (unpaired) electrons. The van der Waals surface area contributed by atoms with E-state index in [-0.39, 0.29) is 0 Å². The molecule has 0 amide bonds. The van der Waals surface area contributed by atoms with E-state index >= 15 is 0 Å². The topological polar surface area (TPSA) is 58.2 Å². The van der Waals surface area contributed by atoms with E-state index in [0.717, 1.165) is 31.5 Å². The number of unbranched alkanes of at least 4 members (excludes halogenated alkanes) is 2. The normalized spacial score (nSPS) is 12.0. The molecule has 3 aromatic rings. The number of sulfonamides is 1. The second kappa shape index (κ2) is 10.8.